The van der Waals surface area contributed by atoms with Gasteiger partial charge >= 0.3 is 6.09 Å². The Hall–Kier alpha value is -2.87. The minimum Gasteiger partial charge on any atom is -0.444 e. The fourth-order valence-electron chi connectivity index (χ4n) is 1.64. The molecule has 0 fully saturated rings. The van der Waals surface area contributed by atoms with Crippen molar-refractivity contribution in [2.45, 2.75) is 6.61 Å². The number of benzene rings is 2. The van der Waals surface area contributed by atoms with E-state index in [-0.39, 0.29) is 17.9 Å². The summed E-state index contributed by atoms with van der Waals surface area (Å²) in [4.78, 5) is 11.6. The van der Waals surface area contributed by atoms with Crippen molar-refractivity contribution in [1.29, 1.82) is 0 Å². The Labute approximate surface area is 120 Å². The largest absolute Gasteiger partial charge is 0.444 e. The second-order valence-corrected chi connectivity index (χ2v) is 4.14. The van der Waals surface area contributed by atoms with Crippen molar-refractivity contribution in [2.24, 2.45) is 0 Å². The highest BCUT2D eigenvalue weighted by molar-refractivity contribution is 5.86. The standard InChI is InChI=1S/C16H11F2NO2/c1-2-12-8-13(17)14(18)9-15(12)19-16(20)21-10-11-6-4-3-5-7-11/h1,3-9H,10H2,(H,19,20). The molecule has 0 aliphatic rings. The first-order chi connectivity index (χ1) is 10.1. The lowest BCUT2D eigenvalue weighted by Crippen LogP contribution is -2.14. The van der Waals surface area contributed by atoms with Gasteiger partial charge < -0.3 is 4.74 Å². The molecule has 2 aromatic carbocycles. The summed E-state index contributed by atoms with van der Waals surface area (Å²) < 4.78 is 31.2. The third-order valence-electron chi connectivity index (χ3n) is 2.67. The van der Waals surface area contributed by atoms with Gasteiger partial charge in [-0.3, -0.25) is 5.32 Å². The summed E-state index contributed by atoms with van der Waals surface area (Å²) in [5.41, 5.74) is 0.815. The lowest BCUT2D eigenvalue weighted by molar-refractivity contribution is 0.155. The van der Waals surface area contributed by atoms with Gasteiger partial charge in [0.25, 0.3) is 0 Å². The average Bonchev–Trinajstić information content (AvgIpc) is 2.49. The molecule has 21 heavy (non-hydrogen) atoms. The van der Waals surface area contributed by atoms with Crippen LogP contribution in [0.5, 0.6) is 0 Å². The van der Waals surface area contributed by atoms with Gasteiger partial charge in [0, 0.05) is 6.07 Å². The molecule has 0 heterocycles. The van der Waals surface area contributed by atoms with Crippen molar-refractivity contribution in [3.8, 4) is 12.3 Å². The second-order valence-electron chi connectivity index (χ2n) is 4.14. The first-order valence-corrected chi connectivity index (χ1v) is 6.03. The average molecular weight is 287 g/mol. The van der Waals surface area contributed by atoms with E-state index >= 15 is 0 Å². The predicted octanol–water partition coefficient (Wildman–Crippen LogP) is 3.69. The molecule has 0 aromatic heterocycles. The highest BCUT2D eigenvalue weighted by atomic mass is 19.2. The number of terminal acetylenes is 1. The molecule has 0 bridgehead atoms. The van der Waals surface area contributed by atoms with E-state index in [0.717, 1.165) is 17.7 Å². The molecule has 0 unspecified atom stereocenters. The van der Waals surface area contributed by atoms with Crippen LogP contribution < -0.4 is 5.32 Å². The Balaban J connectivity index is 2.03. The zero-order chi connectivity index (χ0) is 15.2. The van der Waals surface area contributed by atoms with E-state index in [1.54, 1.807) is 12.1 Å². The van der Waals surface area contributed by atoms with E-state index in [1.165, 1.54) is 0 Å². The van der Waals surface area contributed by atoms with Gasteiger partial charge in [-0.25, -0.2) is 13.6 Å². The van der Waals surface area contributed by atoms with E-state index in [4.69, 9.17) is 11.2 Å². The number of anilines is 1. The Morgan fingerprint density at radius 3 is 2.52 bits per heavy atom. The van der Waals surface area contributed by atoms with E-state index in [0.29, 0.717) is 0 Å². The number of hydrogen-bond acceptors (Lipinski definition) is 2. The first kappa shape index (κ1) is 14.5. The summed E-state index contributed by atoms with van der Waals surface area (Å²) in [5.74, 6) is -0.0161. The van der Waals surface area contributed by atoms with Crippen LogP contribution in [0.4, 0.5) is 19.3 Å². The summed E-state index contributed by atoms with van der Waals surface area (Å²) in [7, 11) is 0. The minimum absolute atomic E-state index is 0.0190. The minimum atomic E-state index is -1.10. The number of ether oxygens (including phenoxy) is 1. The fourth-order valence-corrected chi connectivity index (χ4v) is 1.64. The normalized spacial score (nSPS) is 9.76. The highest BCUT2D eigenvalue weighted by Crippen LogP contribution is 2.19. The Bertz CT molecular complexity index is 693. The predicted molar refractivity (Wildman–Crippen MR) is 74.5 cm³/mol. The molecule has 0 saturated heterocycles. The van der Waals surface area contributed by atoms with Crippen LogP contribution in [-0.4, -0.2) is 6.09 Å². The molecule has 3 nitrogen and oxygen atoms in total. The molecule has 2 rings (SSSR count). The van der Waals surface area contributed by atoms with Crippen LogP contribution in [0.25, 0.3) is 0 Å². The molecule has 1 amide bonds. The molecule has 0 saturated carbocycles. The molecule has 0 aliphatic heterocycles. The highest BCUT2D eigenvalue weighted by Gasteiger charge is 2.12. The van der Waals surface area contributed by atoms with Gasteiger partial charge in [0.15, 0.2) is 11.6 Å². The van der Waals surface area contributed by atoms with E-state index in [2.05, 4.69) is 11.2 Å². The van der Waals surface area contributed by atoms with Crippen LogP contribution in [0.2, 0.25) is 0 Å². The van der Waals surface area contributed by atoms with Gasteiger partial charge in [-0.1, -0.05) is 36.3 Å². The lowest BCUT2D eigenvalue weighted by Gasteiger charge is -2.09. The number of rotatable bonds is 3. The van der Waals surface area contributed by atoms with Crippen molar-refractivity contribution < 1.29 is 18.3 Å². The number of amides is 1. The molecule has 0 atom stereocenters. The van der Waals surface area contributed by atoms with Gasteiger partial charge in [-0.2, -0.15) is 0 Å². The molecule has 0 radical (unpaired) electrons. The van der Waals surface area contributed by atoms with Gasteiger partial charge in [-0.05, 0) is 11.6 Å². The zero-order valence-corrected chi connectivity index (χ0v) is 10.9. The van der Waals surface area contributed by atoms with Crippen LogP contribution in [0.3, 0.4) is 0 Å². The monoisotopic (exact) mass is 287 g/mol. The second kappa shape index (κ2) is 6.53. The molecule has 106 valence electrons. The number of halogens is 2. The van der Waals surface area contributed by atoms with Crippen molar-refractivity contribution in [3.05, 3.63) is 65.2 Å². The molecular formula is C16H11F2NO2. The summed E-state index contributed by atoms with van der Waals surface area (Å²) >= 11 is 0. The number of hydrogen-bond donors (Lipinski definition) is 1. The molecule has 1 N–H and O–H groups in total. The Morgan fingerprint density at radius 2 is 1.86 bits per heavy atom. The third-order valence-corrected chi connectivity index (χ3v) is 2.67. The van der Waals surface area contributed by atoms with Crippen molar-refractivity contribution >= 4 is 11.8 Å². The van der Waals surface area contributed by atoms with Gasteiger partial charge in [0.05, 0.1) is 11.3 Å². The smallest absolute Gasteiger partial charge is 0.411 e. The number of carbonyl (C=O) groups is 1. The maximum atomic E-state index is 13.2. The molecule has 2 aromatic rings. The van der Waals surface area contributed by atoms with Gasteiger partial charge in [-0.15, -0.1) is 6.42 Å². The van der Waals surface area contributed by atoms with Crippen molar-refractivity contribution in [1.82, 2.24) is 0 Å². The fraction of sp³-hybridized carbons (Fsp3) is 0.0625. The summed E-state index contributed by atoms with van der Waals surface area (Å²) in [6.07, 6.45) is 4.37. The van der Waals surface area contributed by atoms with Gasteiger partial charge in [0.2, 0.25) is 0 Å². The summed E-state index contributed by atoms with van der Waals surface area (Å²) in [5, 5.41) is 2.29. The van der Waals surface area contributed by atoms with E-state index < -0.39 is 17.7 Å². The SMILES string of the molecule is C#Cc1cc(F)c(F)cc1NC(=O)OCc1ccccc1. The van der Waals surface area contributed by atoms with Crippen LogP contribution in [0.1, 0.15) is 11.1 Å². The number of nitrogens with one attached hydrogen (secondary N) is 1. The van der Waals surface area contributed by atoms with Crippen LogP contribution >= 0.6 is 0 Å². The third kappa shape index (κ3) is 3.80. The van der Waals surface area contributed by atoms with E-state index in [1.807, 2.05) is 18.2 Å². The van der Waals surface area contributed by atoms with Crippen LogP contribution in [0, 0.1) is 24.0 Å². The van der Waals surface area contributed by atoms with E-state index in [9.17, 15) is 13.6 Å². The number of carbonyl (C=O) groups excluding carboxylic acids is 1. The quantitative estimate of drug-likeness (QED) is 0.874. The molecule has 0 spiro atoms. The zero-order valence-electron chi connectivity index (χ0n) is 10.9. The van der Waals surface area contributed by atoms with Crippen molar-refractivity contribution in [2.75, 3.05) is 5.32 Å². The first-order valence-electron chi connectivity index (χ1n) is 6.03. The summed E-state index contributed by atoms with van der Waals surface area (Å²) in [6, 6.07) is 10.7. The van der Waals surface area contributed by atoms with Crippen LogP contribution in [0.15, 0.2) is 42.5 Å². The van der Waals surface area contributed by atoms with Gasteiger partial charge in [0.1, 0.15) is 6.61 Å². The molecular weight excluding hydrogens is 276 g/mol. The molecule has 0 aliphatic carbocycles. The topological polar surface area (TPSA) is 38.3 Å². The maximum absolute atomic E-state index is 13.2. The van der Waals surface area contributed by atoms with Crippen LogP contribution in [-0.2, 0) is 11.3 Å². The lowest BCUT2D eigenvalue weighted by atomic mass is 10.2. The molecule has 5 heteroatoms. The summed E-state index contributed by atoms with van der Waals surface area (Å²) in [6.45, 7) is 0.0573. The van der Waals surface area contributed by atoms with Crippen molar-refractivity contribution in [3.63, 3.8) is 0 Å². The maximum Gasteiger partial charge on any atom is 0.411 e. The Kier molecular flexibility index (Phi) is 4.52. The Morgan fingerprint density at radius 1 is 1.19 bits per heavy atom.